The molecule has 0 fully saturated rings. The van der Waals surface area contributed by atoms with E-state index < -0.39 is 5.91 Å². The molecule has 0 radical (unpaired) electrons. The second kappa shape index (κ2) is 12.4. The van der Waals surface area contributed by atoms with E-state index in [-0.39, 0.29) is 60.0 Å². The highest BCUT2D eigenvalue weighted by Gasteiger charge is 2.31. The first kappa shape index (κ1) is 27.6. The van der Waals surface area contributed by atoms with Crippen molar-refractivity contribution in [3.63, 3.8) is 0 Å². The minimum atomic E-state index is -0.460. The number of nitrogens with one attached hydrogen (secondary N) is 1. The topological polar surface area (TPSA) is 140 Å². The number of amides is 3. The summed E-state index contributed by atoms with van der Waals surface area (Å²) >= 11 is 0. The fourth-order valence-electron chi connectivity index (χ4n) is 4.31. The van der Waals surface area contributed by atoms with Crippen LogP contribution in [-0.4, -0.2) is 93.5 Å². The molecule has 0 aliphatic carbocycles. The predicted molar refractivity (Wildman–Crippen MR) is 141 cm³/mol. The van der Waals surface area contributed by atoms with Crippen molar-refractivity contribution in [1.82, 2.24) is 29.7 Å². The van der Waals surface area contributed by atoms with Gasteiger partial charge in [-0.3, -0.25) is 24.4 Å². The molecule has 1 aliphatic rings. The van der Waals surface area contributed by atoms with E-state index in [9.17, 15) is 14.4 Å². The van der Waals surface area contributed by atoms with Gasteiger partial charge in [-0.15, -0.1) is 0 Å². The van der Waals surface area contributed by atoms with Crippen LogP contribution in [0.1, 0.15) is 45.2 Å². The fourth-order valence-corrected chi connectivity index (χ4v) is 4.31. The van der Waals surface area contributed by atoms with Crippen LogP contribution in [0.2, 0.25) is 0 Å². The quantitative estimate of drug-likeness (QED) is 0.534. The van der Waals surface area contributed by atoms with Gasteiger partial charge < -0.3 is 24.6 Å². The smallest absolute Gasteiger partial charge is 0.275 e. The lowest BCUT2D eigenvalue weighted by molar-refractivity contribution is 0.0109. The van der Waals surface area contributed by atoms with E-state index in [1.807, 2.05) is 13.8 Å². The van der Waals surface area contributed by atoms with Gasteiger partial charge in [-0.05, 0) is 25.1 Å². The number of hydrogen-bond donors (Lipinski definition) is 1. The molecule has 0 unspecified atom stereocenters. The SMILES string of the molecule is CO[C@@H]1CN(C)C(=O)c2cc(NC(=O)c3cnccn3)ccc2OC[C@@H](C)N(C(=O)c2cnccn2)C[C@H]1C. The van der Waals surface area contributed by atoms with E-state index in [0.29, 0.717) is 18.0 Å². The standard InChI is InChI=1S/C27H31N7O5/c1-17-14-34(27(37)22-13-29-8-10-31-22)18(2)16-39-23-6-5-19(32-25(35)21-12-28-7-9-30-21)11-20(23)26(36)33(3)15-24(17)38-4/h5-13,17-18,24H,14-16H2,1-4H3,(H,32,35)/t17-,18-,24-/m1/s1. The molecule has 0 saturated heterocycles. The summed E-state index contributed by atoms with van der Waals surface area (Å²) in [4.78, 5) is 58.9. The number of benzene rings is 1. The highest BCUT2D eigenvalue weighted by molar-refractivity contribution is 6.04. The summed E-state index contributed by atoms with van der Waals surface area (Å²) in [6.45, 7) is 4.59. The Balaban J connectivity index is 1.65. The molecule has 0 saturated carbocycles. The highest BCUT2D eigenvalue weighted by Crippen LogP contribution is 2.27. The van der Waals surface area contributed by atoms with Crippen LogP contribution < -0.4 is 10.1 Å². The number of hydrogen-bond acceptors (Lipinski definition) is 9. The van der Waals surface area contributed by atoms with E-state index in [1.54, 1.807) is 42.2 Å². The average molecular weight is 534 g/mol. The summed E-state index contributed by atoms with van der Waals surface area (Å²) in [6.07, 6.45) is 8.32. The molecule has 12 nitrogen and oxygen atoms in total. The molecule has 3 heterocycles. The molecule has 1 aliphatic heterocycles. The van der Waals surface area contributed by atoms with Crippen molar-refractivity contribution < 1.29 is 23.9 Å². The number of nitrogens with zero attached hydrogens (tertiary/aromatic N) is 6. The summed E-state index contributed by atoms with van der Waals surface area (Å²) in [7, 11) is 3.26. The fraction of sp³-hybridized carbons (Fsp3) is 0.370. The molecular weight excluding hydrogens is 502 g/mol. The van der Waals surface area contributed by atoms with Crippen LogP contribution in [0.25, 0.3) is 0 Å². The molecule has 0 bridgehead atoms. The molecule has 39 heavy (non-hydrogen) atoms. The summed E-state index contributed by atoms with van der Waals surface area (Å²) in [5.74, 6) is -0.825. The maximum Gasteiger partial charge on any atom is 0.275 e. The number of fused-ring (bicyclic) bond motifs is 1. The van der Waals surface area contributed by atoms with Gasteiger partial charge in [0.05, 0.1) is 30.1 Å². The first-order valence-corrected chi connectivity index (χ1v) is 12.5. The third kappa shape index (κ3) is 6.52. The van der Waals surface area contributed by atoms with E-state index in [1.165, 1.54) is 37.2 Å². The highest BCUT2D eigenvalue weighted by atomic mass is 16.5. The van der Waals surface area contributed by atoms with Crippen LogP contribution in [0.4, 0.5) is 5.69 Å². The third-order valence-electron chi connectivity index (χ3n) is 6.54. The van der Waals surface area contributed by atoms with Crippen molar-refractivity contribution in [2.24, 2.45) is 5.92 Å². The molecule has 0 spiro atoms. The average Bonchev–Trinajstić information content (AvgIpc) is 2.97. The Hall–Kier alpha value is -4.45. The van der Waals surface area contributed by atoms with Gasteiger partial charge in [0.25, 0.3) is 17.7 Å². The van der Waals surface area contributed by atoms with Crippen molar-refractivity contribution in [1.29, 1.82) is 0 Å². The Bertz CT molecular complexity index is 1310. The molecule has 3 atom stereocenters. The minimum absolute atomic E-state index is 0.117. The van der Waals surface area contributed by atoms with Crippen molar-refractivity contribution >= 4 is 23.4 Å². The molecule has 4 rings (SSSR count). The maximum atomic E-state index is 13.5. The number of anilines is 1. The van der Waals surface area contributed by atoms with Crippen molar-refractivity contribution in [2.75, 3.05) is 39.2 Å². The largest absolute Gasteiger partial charge is 0.491 e. The molecule has 204 valence electrons. The first-order valence-electron chi connectivity index (χ1n) is 12.5. The second-order valence-electron chi connectivity index (χ2n) is 9.40. The minimum Gasteiger partial charge on any atom is -0.491 e. The van der Waals surface area contributed by atoms with Gasteiger partial charge in [-0.1, -0.05) is 6.92 Å². The monoisotopic (exact) mass is 533 g/mol. The molecule has 12 heteroatoms. The van der Waals surface area contributed by atoms with Crippen LogP contribution in [0.15, 0.2) is 55.4 Å². The number of likely N-dealkylation sites (N-methyl/N-ethyl adjacent to an activating group) is 1. The Morgan fingerprint density at radius 1 is 1.03 bits per heavy atom. The van der Waals surface area contributed by atoms with Crippen molar-refractivity contribution in [3.8, 4) is 5.75 Å². The van der Waals surface area contributed by atoms with Gasteiger partial charge in [0.15, 0.2) is 0 Å². The van der Waals surface area contributed by atoms with Crippen LogP contribution in [0.5, 0.6) is 5.75 Å². The van der Waals surface area contributed by atoms with E-state index in [4.69, 9.17) is 9.47 Å². The number of ether oxygens (including phenoxy) is 2. The number of rotatable bonds is 4. The lowest BCUT2D eigenvalue weighted by Crippen LogP contribution is -2.48. The normalized spacial score (nSPS) is 20.2. The van der Waals surface area contributed by atoms with Gasteiger partial charge >= 0.3 is 0 Å². The van der Waals surface area contributed by atoms with Gasteiger partial charge in [0, 0.05) is 63.6 Å². The van der Waals surface area contributed by atoms with Crippen LogP contribution in [0, 0.1) is 5.92 Å². The number of methoxy groups -OCH3 is 1. The maximum absolute atomic E-state index is 13.5. The Morgan fingerprint density at radius 3 is 2.36 bits per heavy atom. The summed E-state index contributed by atoms with van der Waals surface area (Å²) < 4.78 is 11.8. The zero-order chi connectivity index (χ0) is 27.9. The number of aromatic nitrogens is 4. The Kier molecular flexibility index (Phi) is 8.77. The van der Waals surface area contributed by atoms with Crippen molar-refractivity contribution in [3.05, 3.63) is 72.3 Å². The third-order valence-corrected chi connectivity index (χ3v) is 6.54. The zero-order valence-electron chi connectivity index (χ0n) is 22.3. The zero-order valence-corrected chi connectivity index (χ0v) is 22.3. The molecule has 3 amide bonds. The van der Waals surface area contributed by atoms with E-state index in [0.717, 1.165) is 0 Å². The van der Waals surface area contributed by atoms with Crippen LogP contribution >= 0.6 is 0 Å². The summed E-state index contributed by atoms with van der Waals surface area (Å²) in [6, 6.07) is 4.46. The number of carbonyl (C=O) groups excluding carboxylic acids is 3. The summed E-state index contributed by atoms with van der Waals surface area (Å²) in [5, 5.41) is 2.75. The molecular formula is C27H31N7O5. The number of carbonyl (C=O) groups is 3. The predicted octanol–water partition coefficient (Wildman–Crippen LogP) is 2.17. The lowest BCUT2D eigenvalue weighted by atomic mass is 10.0. The molecule has 1 aromatic carbocycles. The molecule has 2 aromatic heterocycles. The first-order chi connectivity index (χ1) is 18.8. The molecule has 1 N–H and O–H groups in total. The van der Waals surface area contributed by atoms with Gasteiger partial charge in [0.2, 0.25) is 0 Å². The Labute approximate surface area is 226 Å². The van der Waals surface area contributed by atoms with Gasteiger partial charge in [0.1, 0.15) is 23.7 Å². The van der Waals surface area contributed by atoms with E-state index >= 15 is 0 Å². The van der Waals surface area contributed by atoms with Gasteiger partial charge in [-0.25, -0.2) is 9.97 Å². The van der Waals surface area contributed by atoms with Crippen LogP contribution in [-0.2, 0) is 4.74 Å². The van der Waals surface area contributed by atoms with Gasteiger partial charge in [-0.2, -0.15) is 0 Å². The van der Waals surface area contributed by atoms with E-state index in [2.05, 4.69) is 25.3 Å². The summed E-state index contributed by atoms with van der Waals surface area (Å²) in [5.41, 5.74) is 1.03. The Morgan fingerprint density at radius 2 is 1.72 bits per heavy atom. The molecule has 3 aromatic rings. The van der Waals surface area contributed by atoms with Crippen molar-refractivity contribution in [2.45, 2.75) is 26.0 Å². The van der Waals surface area contributed by atoms with Crippen LogP contribution in [0.3, 0.4) is 0 Å². The lowest BCUT2D eigenvalue weighted by Gasteiger charge is -2.35. The second-order valence-corrected chi connectivity index (χ2v) is 9.40.